The van der Waals surface area contributed by atoms with E-state index in [9.17, 15) is 0 Å². The van der Waals surface area contributed by atoms with Crippen LogP contribution < -0.4 is 10.1 Å². The van der Waals surface area contributed by atoms with Crippen molar-refractivity contribution in [3.05, 3.63) is 41.1 Å². The van der Waals surface area contributed by atoms with E-state index in [1.807, 2.05) is 30.7 Å². The highest BCUT2D eigenvalue weighted by Gasteiger charge is 2.10. The predicted molar refractivity (Wildman–Crippen MR) is 92.9 cm³/mol. The van der Waals surface area contributed by atoms with E-state index >= 15 is 0 Å². The Kier molecular flexibility index (Phi) is 6.04. The number of nitrogens with one attached hydrogen (secondary N) is 1. The third-order valence-electron chi connectivity index (χ3n) is 3.71. The number of hydrogen-bond acceptors (Lipinski definition) is 4. The van der Waals surface area contributed by atoms with Gasteiger partial charge in [0.25, 0.3) is 0 Å². The van der Waals surface area contributed by atoms with Crippen LogP contribution in [0.1, 0.15) is 30.7 Å². The minimum absolute atomic E-state index is 0.0805. The lowest BCUT2D eigenvalue weighted by molar-refractivity contribution is 0.270. The van der Waals surface area contributed by atoms with Crippen molar-refractivity contribution in [1.82, 2.24) is 9.78 Å². The Morgan fingerprint density at radius 3 is 2.52 bits per heavy atom. The van der Waals surface area contributed by atoms with Crippen molar-refractivity contribution < 1.29 is 9.84 Å². The lowest BCUT2D eigenvalue weighted by atomic mass is 10.2. The van der Waals surface area contributed by atoms with Crippen molar-refractivity contribution in [2.24, 2.45) is 5.92 Å². The molecular formula is C18H27N3O2. The van der Waals surface area contributed by atoms with Gasteiger partial charge in [0.15, 0.2) is 0 Å². The molecular weight excluding hydrogens is 290 g/mol. The number of anilines is 1. The molecule has 0 saturated carbocycles. The zero-order chi connectivity index (χ0) is 16.8. The Hall–Kier alpha value is -2.01. The molecule has 1 aromatic heterocycles. The van der Waals surface area contributed by atoms with E-state index in [2.05, 4.69) is 36.4 Å². The molecule has 5 nitrogen and oxygen atoms in total. The fourth-order valence-corrected chi connectivity index (χ4v) is 2.30. The molecule has 1 heterocycles. The van der Waals surface area contributed by atoms with Crippen molar-refractivity contribution in [1.29, 1.82) is 0 Å². The third-order valence-corrected chi connectivity index (χ3v) is 3.71. The van der Waals surface area contributed by atoms with Crippen molar-refractivity contribution in [3.63, 3.8) is 0 Å². The van der Waals surface area contributed by atoms with Crippen LogP contribution in [0.3, 0.4) is 0 Å². The van der Waals surface area contributed by atoms with Gasteiger partial charge in [-0.3, -0.25) is 0 Å². The van der Waals surface area contributed by atoms with Crippen LogP contribution in [0.25, 0.3) is 0 Å². The first kappa shape index (κ1) is 17.3. The van der Waals surface area contributed by atoms with Crippen LogP contribution in [0.4, 0.5) is 5.82 Å². The van der Waals surface area contributed by atoms with Crippen LogP contribution in [-0.4, -0.2) is 28.1 Å². The number of ether oxygens (including phenoxy) is 1. The second kappa shape index (κ2) is 8.02. The number of nitrogens with zero attached hydrogens (tertiary/aromatic N) is 2. The number of aromatic nitrogens is 2. The minimum atomic E-state index is 0.0805. The summed E-state index contributed by atoms with van der Waals surface area (Å²) in [4.78, 5) is 0. The number of rotatable bonds is 8. The number of hydrogen-bond donors (Lipinski definition) is 2. The number of aliphatic hydroxyl groups excluding tert-OH is 1. The first-order chi connectivity index (χ1) is 11.0. The Morgan fingerprint density at radius 1 is 1.22 bits per heavy atom. The van der Waals surface area contributed by atoms with E-state index in [1.165, 1.54) is 5.56 Å². The summed E-state index contributed by atoms with van der Waals surface area (Å²) >= 11 is 0. The van der Waals surface area contributed by atoms with E-state index in [0.29, 0.717) is 19.0 Å². The highest BCUT2D eigenvalue weighted by Crippen LogP contribution is 2.20. The van der Waals surface area contributed by atoms with E-state index in [1.54, 1.807) is 0 Å². The molecule has 0 aliphatic heterocycles. The van der Waals surface area contributed by atoms with Crippen LogP contribution in [0.15, 0.2) is 24.3 Å². The third kappa shape index (κ3) is 4.73. The minimum Gasteiger partial charge on any atom is -0.493 e. The number of benzene rings is 1. The second-order valence-corrected chi connectivity index (χ2v) is 6.21. The number of aryl methyl sites for hydroxylation is 1. The highest BCUT2D eigenvalue weighted by molar-refractivity contribution is 5.47. The van der Waals surface area contributed by atoms with Gasteiger partial charge in [0.05, 0.1) is 25.5 Å². The molecule has 0 spiro atoms. The molecule has 0 saturated heterocycles. The summed E-state index contributed by atoms with van der Waals surface area (Å²) in [5.74, 6) is 2.39. The summed E-state index contributed by atoms with van der Waals surface area (Å²) in [5.41, 5.74) is 3.28. The summed E-state index contributed by atoms with van der Waals surface area (Å²) in [5, 5.41) is 17.0. The molecule has 2 aromatic rings. The van der Waals surface area contributed by atoms with Gasteiger partial charge >= 0.3 is 0 Å². The molecule has 0 amide bonds. The van der Waals surface area contributed by atoms with Crippen LogP contribution in [0.2, 0.25) is 0 Å². The first-order valence-corrected chi connectivity index (χ1v) is 8.11. The van der Waals surface area contributed by atoms with Crippen molar-refractivity contribution in [3.8, 4) is 5.75 Å². The van der Waals surface area contributed by atoms with Crippen LogP contribution in [-0.2, 0) is 13.1 Å². The summed E-state index contributed by atoms with van der Waals surface area (Å²) in [6.07, 6.45) is 0. The summed E-state index contributed by atoms with van der Waals surface area (Å²) < 4.78 is 7.52. The highest BCUT2D eigenvalue weighted by atomic mass is 16.5. The Labute approximate surface area is 138 Å². The SMILES string of the molecule is Cc1nn(CCO)c(NCc2ccc(OCC(C)C)cc2)c1C. The van der Waals surface area contributed by atoms with Gasteiger partial charge in [0, 0.05) is 12.1 Å². The monoisotopic (exact) mass is 317 g/mol. The van der Waals surface area contributed by atoms with Crippen molar-refractivity contribution in [2.75, 3.05) is 18.5 Å². The molecule has 0 bridgehead atoms. The molecule has 5 heteroatoms. The van der Waals surface area contributed by atoms with Gasteiger partial charge in [-0.05, 0) is 37.5 Å². The quantitative estimate of drug-likeness (QED) is 0.785. The molecule has 2 N–H and O–H groups in total. The van der Waals surface area contributed by atoms with Gasteiger partial charge in [-0.1, -0.05) is 26.0 Å². The van der Waals surface area contributed by atoms with E-state index in [0.717, 1.165) is 29.4 Å². The van der Waals surface area contributed by atoms with Gasteiger partial charge in [-0.15, -0.1) is 0 Å². The molecule has 23 heavy (non-hydrogen) atoms. The lowest BCUT2D eigenvalue weighted by Gasteiger charge is -2.12. The summed E-state index contributed by atoms with van der Waals surface area (Å²) in [7, 11) is 0. The molecule has 0 aliphatic rings. The fraction of sp³-hybridized carbons (Fsp3) is 0.500. The topological polar surface area (TPSA) is 59.3 Å². The van der Waals surface area contributed by atoms with Crippen LogP contribution in [0.5, 0.6) is 5.75 Å². The van der Waals surface area contributed by atoms with E-state index < -0.39 is 0 Å². The maximum Gasteiger partial charge on any atom is 0.127 e. The number of aliphatic hydroxyl groups is 1. The predicted octanol–water partition coefficient (Wildman–Crippen LogP) is 3.14. The van der Waals surface area contributed by atoms with Crippen LogP contribution >= 0.6 is 0 Å². The van der Waals surface area contributed by atoms with Gasteiger partial charge in [-0.2, -0.15) is 5.10 Å². The van der Waals surface area contributed by atoms with Gasteiger partial charge in [0.1, 0.15) is 11.6 Å². The fourth-order valence-electron chi connectivity index (χ4n) is 2.30. The lowest BCUT2D eigenvalue weighted by Crippen LogP contribution is -2.11. The Bertz CT molecular complexity index is 618. The maximum atomic E-state index is 9.15. The molecule has 0 radical (unpaired) electrons. The van der Waals surface area contributed by atoms with E-state index in [4.69, 9.17) is 9.84 Å². The molecule has 0 aliphatic carbocycles. The zero-order valence-electron chi connectivity index (χ0n) is 14.5. The molecule has 0 fully saturated rings. The second-order valence-electron chi connectivity index (χ2n) is 6.21. The average molecular weight is 317 g/mol. The van der Waals surface area contributed by atoms with E-state index in [-0.39, 0.29) is 6.61 Å². The molecule has 0 unspecified atom stereocenters. The Morgan fingerprint density at radius 2 is 1.91 bits per heavy atom. The molecule has 2 rings (SSSR count). The largest absolute Gasteiger partial charge is 0.493 e. The van der Waals surface area contributed by atoms with Crippen molar-refractivity contribution in [2.45, 2.75) is 40.8 Å². The first-order valence-electron chi connectivity index (χ1n) is 8.11. The average Bonchev–Trinajstić information content (AvgIpc) is 2.79. The Balaban J connectivity index is 1.98. The van der Waals surface area contributed by atoms with Gasteiger partial charge in [0.2, 0.25) is 0 Å². The standard InChI is InChI=1S/C18H27N3O2/c1-13(2)12-23-17-7-5-16(6-8-17)11-19-18-14(3)15(4)20-21(18)9-10-22/h5-8,13,19,22H,9-12H2,1-4H3. The summed E-state index contributed by atoms with van der Waals surface area (Å²) in [6.45, 7) is 10.3. The van der Waals surface area contributed by atoms with Crippen LogP contribution in [0, 0.1) is 19.8 Å². The molecule has 126 valence electrons. The zero-order valence-corrected chi connectivity index (χ0v) is 14.5. The maximum absolute atomic E-state index is 9.15. The van der Waals surface area contributed by atoms with Gasteiger partial charge in [-0.25, -0.2) is 4.68 Å². The smallest absolute Gasteiger partial charge is 0.127 e. The van der Waals surface area contributed by atoms with Gasteiger partial charge < -0.3 is 15.2 Å². The summed E-state index contributed by atoms with van der Waals surface area (Å²) in [6, 6.07) is 8.14. The van der Waals surface area contributed by atoms with Crippen molar-refractivity contribution >= 4 is 5.82 Å². The molecule has 1 aromatic carbocycles. The normalized spacial score (nSPS) is 11.0. The molecule has 0 atom stereocenters.